The van der Waals surface area contributed by atoms with Gasteiger partial charge in [0.15, 0.2) is 0 Å². The second-order valence-corrected chi connectivity index (χ2v) is 6.80. The standard InChI is InChI=1S/C22H23N3O2/c1-2-19(26)13-16-3-5-17(6-4-16)18-7-8-20-21(14-18)24-22(15-23-20)25-9-11-27-12-10-25/h3-8,14-15H,2,9-13H2,1H3. The van der Waals surface area contributed by atoms with Crippen molar-refractivity contribution in [1.82, 2.24) is 9.97 Å². The van der Waals surface area contributed by atoms with Gasteiger partial charge in [-0.2, -0.15) is 0 Å². The molecule has 0 atom stereocenters. The molecule has 0 saturated carbocycles. The maximum atomic E-state index is 11.6. The lowest BCUT2D eigenvalue weighted by Crippen LogP contribution is -2.36. The van der Waals surface area contributed by atoms with Gasteiger partial charge in [-0.1, -0.05) is 37.3 Å². The molecule has 0 bridgehead atoms. The van der Waals surface area contributed by atoms with Crippen LogP contribution >= 0.6 is 0 Å². The maximum absolute atomic E-state index is 11.6. The van der Waals surface area contributed by atoms with Crippen molar-refractivity contribution in [2.24, 2.45) is 0 Å². The van der Waals surface area contributed by atoms with E-state index < -0.39 is 0 Å². The Balaban J connectivity index is 1.61. The number of anilines is 1. The maximum Gasteiger partial charge on any atom is 0.148 e. The number of rotatable bonds is 5. The number of ether oxygens (including phenoxy) is 1. The summed E-state index contributed by atoms with van der Waals surface area (Å²) in [5.74, 6) is 1.16. The zero-order valence-corrected chi connectivity index (χ0v) is 15.5. The van der Waals surface area contributed by atoms with E-state index in [-0.39, 0.29) is 5.78 Å². The molecule has 0 N–H and O–H groups in total. The third-order valence-corrected chi connectivity index (χ3v) is 4.95. The van der Waals surface area contributed by atoms with E-state index in [1.54, 1.807) is 0 Å². The lowest BCUT2D eigenvalue weighted by molar-refractivity contribution is -0.118. The third kappa shape index (κ3) is 3.98. The molecule has 3 aromatic rings. The van der Waals surface area contributed by atoms with Crippen LogP contribution in [0.1, 0.15) is 18.9 Å². The minimum atomic E-state index is 0.263. The predicted molar refractivity (Wildman–Crippen MR) is 107 cm³/mol. The van der Waals surface area contributed by atoms with Gasteiger partial charge in [-0.25, -0.2) is 4.98 Å². The van der Waals surface area contributed by atoms with Crippen molar-refractivity contribution in [3.8, 4) is 11.1 Å². The van der Waals surface area contributed by atoms with Gasteiger partial charge in [-0.05, 0) is 28.8 Å². The van der Waals surface area contributed by atoms with Crippen LogP contribution in [0.3, 0.4) is 0 Å². The first-order valence-corrected chi connectivity index (χ1v) is 9.43. The molecule has 0 unspecified atom stereocenters. The zero-order valence-electron chi connectivity index (χ0n) is 15.5. The molecule has 1 aromatic heterocycles. The smallest absolute Gasteiger partial charge is 0.148 e. The van der Waals surface area contributed by atoms with Crippen LogP contribution in [0.4, 0.5) is 5.82 Å². The van der Waals surface area contributed by atoms with E-state index in [2.05, 4.69) is 34.1 Å². The number of benzene rings is 2. The Morgan fingerprint density at radius 3 is 2.52 bits per heavy atom. The second-order valence-electron chi connectivity index (χ2n) is 6.80. The van der Waals surface area contributed by atoms with Crippen LogP contribution in [-0.4, -0.2) is 42.1 Å². The summed E-state index contributed by atoms with van der Waals surface area (Å²) in [7, 11) is 0. The van der Waals surface area contributed by atoms with Gasteiger partial charge in [0.05, 0.1) is 30.4 Å². The molecule has 4 rings (SSSR count). The SMILES string of the molecule is CCC(=O)Cc1ccc(-c2ccc3ncc(N4CCOCC4)nc3c2)cc1. The van der Waals surface area contributed by atoms with Gasteiger partial charge in [0.25, 0.3) is 0 Å². The number of carbonyl (C=O) groups excluding carboxylic acids is 1. The number of hydrogen-bond donors (Lipinski definition) is 0. The second kappa shape index (κ2) is 7.84. The first kappa shape index (κ1) is 17.6. The molecule has 0 aliphatic carbocycles. The summed E-state index contributed by atoms with van der Waals surface area (Å²) in [4.78, 5) is 23.2. The molecular formula is C22H23N3O2. The van der Waals surface area contributed by atoms with Crippen LogP contribution in [0, 0.1) is 0 Å². The molecule has 1 aliphatic rings. The highest BCUT2D eigenvalue weighted by Gasteiger charge is 2.13. The molecule has 2 aromatic carbocycles. The largest absolute Gasteiger partial charge is 0.378 e. The Morgan fingerprint density at radius 2 is 1.78 bits per heavy atom. The lowest BCUT2D eigenvalue weighted by Gasteiger charge is -2.27. The summed E-state index contributed by atoms with van der Waals surface area (Å²) in [6.07, 6.45) is 2.92. The third-order valence-electron chi connectivity index (χ3n) is 4.95. The van der Waals surface area contributed by atoms with Crippen molar-refractivity contribution < 1.29 is 9.53 Å². The van der Waals surface area contributed by atoms with Crippen molar-refractivity contribution in [1.29, 1.82) is 0 Å². The monoisotopic (exact) mass is 361 g/mol. The van der Waals surface area contributed by atoms with E-state index in [4.69, 9.17) is 9.72 Å². The van der Waals surface area contributed by atoms with Crippen molar-refractivity contribution in [2.75, 3.05) is 31.2 Å². The Morgan fingerprint density at radius 1 is 1.04 bits per heavy atom. The average molecular weight is 361 g/mol. The van der Waals surface area contributed by atoms with Gasteiger partial charge in [0.2, 0.25) is 0 Å². The van der Waals surface area contributed by atoms with Crippen LogP contribution in [0.25, 0.3) is 22.2 Å². The van der Waals surface area contributed by atoms with E-state index in [1.165, 1.54) is 0 Å². The minimum absolute atomic E-state index is 0.263. The molecule has 2 heterocycles. The molecule has 1 aliphatic heterocycles. The van der Waals surface area contributed by atoms with E-state index >= 15 is 0 Å². The number of Topliss-reactive ketones (excluding diaryl/α,β-unsaturated/α-hetero) is 1. The summed E-state index contributed by atoms with van der Waals surface area (Å²) >= 11 is 0. The van der Waals surface area contributed by atoms with Gasteiger partial charge in [0, 0.05) is 25.9 Å². The minimum Gasteiger partial charge on any atom is -0.378 e. The Bertz CT molecular complexity index is 947. The summed E-state index contributed by atoms with van der Waals surface area (Å²) in [6.45, 7) is 5.05. The summed E-state index contributed by atoms with van der Waals surface area (Å²) < 4.78 is 5.42. The molecule has 5 heteroatoms. The van der Waals surface area contributed by atoms with Gasteiger partial charge >= 0.3 is 0 Å². The number of ketones is 1. The van der Waals surface area contributed by atoms with E-state index in [0.717, 1.165) is 59.8 Å². The number of carbonyl (C=O) groups is 1. The highest BCUT2D eigenvalue weighted by molar-refractivity contribution is 5.83. The molecule has 0 spiro atoms. The fourth-order valence-electron chi connectivity index (χ4n) is 3.29. The van der Waals surface area contributed by atoms with Crippen LogP contribution in [0.15, 0.2) is 48.7 Å². The van der Waals surface area contributed by atoms with Crippen LogP contribution in [0.5, 0.6) is 0 Å². The predicted octanol–water partition coefficient (Wildman–Crippen LogP) is 3.66. The first-order valence-electron chi connectivity index (χ1n) is 9.43. The topological polar surface area (TPSA) is 55.3 Å². The number of fused-ring (bicyclic) bond motifs is 1. The van der Waals surface area contributed by atoms with Gasteiger partial charge < -0.3 is 9.64 Å². The zero-order chi connectivity index (χ0) is 18.6. The van der Waals surface area contributed by atoms with Crippen molar-refractivity contribution in [3.05, 3.63) is 54.2 Å². The van der Waals surface area contributed by atoms with Crippen LogP contribution in [0.2, 0.25) is 0 Å². The van der Waals surface area contributed by atoms with Gasteiger partial charge in [-0.15, -0.1) is 0 Å². The average Bonchev–Trinajstić information content (AvgIpc) is 2.74. The number of hydrogen-bond acceptors (Lipinski definition) is 5. The first-order chi connectivity index (χ1) is 13.2. The molecule has 0 amide bonds. The quantitative estimate of drug-likeness (QED) is 0.694. The van der Waals surface area contributed by atoms with E-state index in [1.807, 2.05) is 31.3 Å². The van der Waals surface area contributed by atoms with Crippen molar-refractivity contribution >= 4 is 22.6 Å². The normalized spacial score (nSPS) is 14.5. The van der Waals surface area contributed by atoms with E-state index in [9.17, 15) is 4.79 Å². The summed E-state index contributed by atoms with van der Waals surface area (Å²) in [6, 6.07) is 14.4. The lowest BCUT2D eigenvalue weighted by atomic mass is 10.0. The summed E-state index contributed by atoms with van der Waals surface area (Å²) in [5.41, 5.74) is 5.05. The fourth-order valence-corrected chi connectivity index (χ4v) is 3.29. The summed E-state index contributed by atoms with van der Waals surface area (Å²) in [5, 5.41) is 0. The van der Waals surface area contributed by atoms with E-state index in [0.29, 0.717) is 12.8 Å². The van der Waals surface area contributed by atoms with Crippen molar-refractivity contribution in [2.45, 2.75) is 19.8 Å². The highest BCUT2D eigenvalue weighted by Crippen LogP contribution is 2.25. The highest BCUT2D eigenvalue weighted by atomic mass is 16.5. The molecule has 138 valence electrons. The molecular weight excluding hydrogens is 338 g/mol. The van der Waals surface area contributed by atoms with Crippen molar-refractivity contribution in [3.63, 3.8) is 0 Å². The molecule has 27 heavy (non-hydrogen) atoms. The fraction of sp³-hybridized carbons (Fsp3) is 0.318. The van der Waals surface area contributed by atoms with Gasteiger partial charge in [-0.3, -0.25) is 9.78 Å². The Labute approximate surface area is 159 Å². The van der Waals surface area contributed by atoms with Crippen LogP contribution in [-0.2, 0) is 16.0 Å². The molecule has 5 nitrogen and oxygen atoms in total. The Hall–Kier alpha value is -2.79. The molecule has 0 radical (unpaired) electrons. The number of nitrogens with zero attached hydrogens (tertiary/aromatic N) is 3. The Kier molecular flexibility index (Phi) is 5.12. The molecule has 1 fully saturated rings. The number of morpholine rings is 1. The molecule has 1 saturated heterocycles. The number of aromatic nitrogens is 2. The van der Waals surface area contributed by atoms with Gasteiger partial charge in [0.1, 0.15) is 11.6 Å². The van der Waals surface area contributed by atoms with Crippen LogP contribution < -0.4 is 4.90 Å².